The van der Waals surface area contributed by atoms with Crippen LogP contribution in [0.4, 0.5) is 11.4 Å². The van der Waals surface area contributed by atoms with E-state index in [1.54, 1.807) is 17.0 Å². The zero-order valence-electron chi connectivity index (χ0n) is 12.0. The van der Waals surface area contributed by atoms with Crippen molar-refractivity contribution in [2.75, 3.05) is 36.5 Å². The lowest BCUT2D eigenvalue weighted by Gasteiger charge is -2.24. The summed E-state index contributed by atoms with van der Waals surface area (Å²) in [6.45, 7) is 4.96. The quantitative estimate of drug-likeness (QED) is 0.752. The van der Waals surface area contributed by atoms with Crippen LogP contribution < -0.4 is 16.0 Å². The van der Waals surface area contributed by atoms with Gasteiger partial charge in [0.05, 0.1) is 22.8 Å². The predicted octanol–water partition coefficient (Wildman–Crippen LogP) is 0.635. The van der Waals surface area contributed by atoms with Gasteiger partial charge < -0.3 is 16.0 Å². The third-order valence-electron chi connectivity index (χ3n) is 2.87. The molecule has 0 unspecified atom stereocenters. The van der Waals surface area contributed by atoms with Gasteiger partial charge in [0.15, 0.2) is 9.84 Å². The minimum atomic E-state index is -3.39. The average molecular weight is 299 g/mol. The van der Waals surface area contributed by atoms with E-state index in [1.807, 2.05) is 13.8 Å². The summed E-state index contributed by atoms with van der Waals surface area (Å²) < 4.78 is 23.3. The van der Waals surface area contributed by atoms with E-state index >= 15 is 0 Å². The molecule has 0 bridgehead atoms. The highest BCUT2D eigenvalue weighted by Crippen LogP contribution is 2.29. The second kappa shape index (κ2) is 6.60. The Kier molecular flexibility index (Phi) is 5.38. The van der Waals surface area contributed by atoms with E-state index in [0.717, 1.165) is 6.26 Å². The molecular formula is C13H21N3O3S. The maximum atomic E-state index is 11.7. The van der Waals surface area contributed by atoms with Crippen molar-refractivity contribution in [1.82, 2.24) is 5.32 Å². The number of nitrogens with one attached hydrogen (secondary N) is 1. The van der Waals surface area contributed by atoms with Crippen molar-refractivity contribution >= 4 is 27.1 Å². The van der Waals surface area contributed by atoms with Gasteiger partial charge in [0.1, 0.15) is 0 Å². The average Bonchev–Trinajstić information content (AvgIpc) is 2.35. The van der Waals surface area contributed by atoms with E-state index in [4.69, 9.17) is 5.73 Å². The third-order valence-corrected chi connectivity index (χ3v) is 4.03. The van der Waals surface area contributed by atoms with Crippen molar-refractivity contribution in [3.8, 4) is 0 Å². The van der Waals surface area contributed by atoms with Gasteiger partial charge in [-0.15, -0.1) is 0 Å². The molecule has 20 heavy (non-hydrogen) atoms. The molecule has 0 spiro atoms. The van der Waals surface area contributed by atoms with Crippen LogP contribution in [0.15, 0.2) is 23.1 Å². The fraction of sp³-hybridized carbons (Fsp3) is 0.462. The number of nitrogens with two attached hydrogens (primary N) is 1. The Bertz CT molecular complexity index is 585. The van der Waals surface area contributed by atoms with Crippen LogP contribution >= 0.6 is 0 Å². The van der Waals surface area contributed by atoms with Crippen LogP contribution in [0.2, 0.25) is 0 Å². The molecule has 7 heteroatoms. The zero-order chi connectivity index (χ0) is 15.3. The first-order chi connectivity index (χ1) is 9.31. The topological polar surface area (TPSA) is 92.5 Å². The molecule has 1 aromatic rings. The number of likely N-dealkylation sites (N-methyl/N-ethyl adjacent to an activating group) is 2. The SMILES string of the molecule is CCNC(=O)CN(CC)c1cccc(S(C)(=O)=O)c1N. The van der Waals surface area contributed by atoms with Crippen LogP contribution in [-0.4, -0.2) is 40.2 Å². The lowest BCUT2D eigenvalue weighted by Crippen LogP contribution is -2.37. The summed E-state index contributed by atoms with van der Waals surface area (Å²) in [5, 5.41) is 2.70. The number of benzene rings is 1. The summed E-state index contributed by atoms with van der Waals surface area (Å²) in [6.07, 6.45) is 1.11. The minimum absolute atomic E-state index is 0.0874. The van der Waals surface area contributed by atoms with Crippen molar-refractivity contribution in [1.29, 1.82) is 0 Å². The first kappa shape index (κ1) is 16.3. The first-order valence-corrected chi connectivity index (χ1v) is 8.30. The van der Waals surface area contributed by atoms with Crippen molar-refractivity contribution in [3.05, 3.63) is 18.2 Å². The maximum absolute atomic E-state index is 11.7. The molecule has 112 valence electrons. The molecule has 0 atom stereocenters. The Hall–Kier alpha value is -1.76. The minimum Gasteiger partial charge on any atom is -0.396 e. The zero-order valence-corrected chi connectivity index (χ0v) is 12.8. The van der Waals surface area contributed by atoms with E-state index in [9.17, 15) is 13.2 Å². The molecule has 6 nitrogen and oxygen atoms in total. The molecular weight excluding hydrogens is 278 g/mol. The molecule has 1 amide bonds. The molecule has 0 saturated heterocycles. The second-order valence-electron chi connectivity index (χ2n) is 4.43. The van der Waals surface area contributed by atoms with E-state index in [1.165, 1.54) is 6.07 Å². The van der Waals surface area contributed by atoms with Gasteiger partial charge >= 0.3 is 0 Å². The molecule has 0 aliphatic rings. The molecule has 0 fully saturated rings. The van der Waals surface area contributed by atoms with E-state index in [-0.39, 0.29) is 23.0 Å². The van der Waals surface area contributed by atoms with Crippen molar-refractivity contribution in [2.24, 2.45) is 0 Å². The Morgan fingerprint density at radius 2 is 2.00 bits per heavy atom. The van der Waals surface area contributed by atoms with E-state index in [0.29, 0.717) is 18.8 Å². The van der Waals surface area contributed by atoms with Crippen molar-refractivity contribution in [3.63, 3.8) is 0 Å². The molecule has 0 aromatic heterocycles. The second-order valence-corrected chi connectivity index (χ2v) is 6.41. The molecule has 0 aliphatic heterocycles. The number of hydrogen-bond acceptors (Lipinski definition) is 5. The number of sulfone groups is 1. The Morgan fingerprint density at radius 3 is 2.50 bits per heavy atom. The number of anilines is 2. The van der Waals surface area contributed by atoms with Crippen LogP contribution in [-0.2, 0) is 14.6 Å². The lowest BCUT2D eigenvalue weighted by atomic mass is 10.2. The largest absolute Gasteiger partial charge is 0.396 e. The molecule has 3 N–H and O–H groups in total. The van der Waals surface area contributed by atoms with E-state index in [2.05, 4.69) is 5.32 Å². The number of nitrogen functional groups attached to an aromatic ring is 1. The van der Waals surface area contributed by atoms with Crippen LogP contribution in [0.3, 0.4) is 0 Å². The van der Waals surface area contributed by atoms with Gasteiger partial charge in [-0.1, -0.05) is 6.07 Å². The van der Waals surface area contributed by atoms with Crippen LogP contribution in [0.5, 0.6) is 0 Å². The molecule has 0 saturated carbocycles. The highest BCUT2D eigenvalue weighted by atomic mass is 32.2. The van der Waals surface area contributed by atoms with Gasteiger partial charge in [0.25, 0.3) is 0 Å². The number of amides is 1. The molecule has 0 heterocycles. The van der Waals surface area contributed by atoms with Crippen LogP contribution in [0.1, 0.15) is 13.8 Å². The van der Waals surface area contributed by atoms with Gasteiger partial charge in [0.2, 0.25) is 5.91 Å². The first-order valence-electron chi connectivity index (χ1n) is 6.41. The Labute approximate surface area is 119 Å². The number of para-hydroxylation sites is 1. The van der Waals surface area contributed by atoms with Gasteiger partial charge in [0, 0.05) is 19.3 Å². The summed E-state index contributed by atoms with van der Waals surface area (Å²) in [5.41, 5.74) is 6.68. The van der Waals surface area contributed by atoms with Gasteiger partial charge in [-0.3, -0.25) is 4.79 Å². The molecule has 0 aliphatic carbocycles. The fourth-order valence-electron chi connectivity index (χ4n) is 1.93. The highest BCUT2D eigenvalue weighted by molar-refractivity contribution is 7.90. The number of rotatable bonds is 6. The molecule has 0 radical (unpaired) electrons. The Balaban J connectivity index is 3.14. The molecule has 1 aromatic carbocycles. The van der Waals surface area contributed by atoms with Crippen molar-refractivity contribution < 1.29 is 13.2 Å². The van der Waals surface area contributed by atoms with Gasteiger partial charge in [-0.2, -0.15) is 0 Å². The normalized spacial score (nSPS) is 11.2. The standard InChI is InChI=1S/C13H21N3O3S/c1-4-15-12(17)9-16(5-2)10-7-6-8-11(13(10)14)20(3,18)19/h6-8H,4-5,9,14H2,1-3H3,(H,15,17). The highest BCUT2D eigenvalue weighted by Gasteiger charge is 2.18. The van der Waals surface area contributed by atoms with Gasteiger partial charge in [-0.05, 0) is 26.0 Å². The number of carbonyl (C=O) groups excluding carboxylic acids is 1. The lowest BCUT2D eigenvalue weighted by molar-refractivity contribution is -0.119. The van der Waals surface area contributed by atoms with Crippen molar-refractivity contribution in [2.45, 2.75) is 18.7 Å². The Morgan fingerprint density at radius 1 is 1.35 bits per heavy atom. The summed E-state index contributed by atoms with van der Waals surface area (Å²) in [6, 6.07) is 4.81. The maximum Gasteiger partial charge on any atom is 0.239 e. The summed E-state index contributed by atoms with van der Waals surface area (Å²) >= 11 is 0. The van der Waals surface area contributed by atoms with Crippen LogP contribution in [0.25, 0.3) is 0 Å². The summed E-state index contributed by atoms with van der Waals surface area (Å²) in [5.74, 6) is -0.126. The predicted molar refractivity (Wildman–Crippen MR) is 80.5 cm³/mol. The monoisotopic (exact) mass is 299 g/mol. The van der Waals surface area contributed by atoms with E-state index < -0.39 is 9.84 Å². The molecule has 1 rings (SSSR count). The smallest absolute Gasteiger partial charge is 0.239 e. The van der Waals surface area contributed by atoms with Gasteiger partial charge in [-0.25, -0.2) is 8.42 Å². The van der Waals surface area contributed by atoms with Crippen LogP contribution in [0, 0.1) is 0 Å². The summed E-state index contributed by atoms with van der Waals surface area (Å²) in [7, 11) is -3.39. The number of hydrogen-bond donors (Lipinski definition) is 2. The third kappa shape index (κ3) is 3.86. The fourth-order valence-corrected chi connectivity index (χ4v) is 2.76. The number of carbonyl (C=O) groups is 1. The summed E-state index contributed by atoms with van der Waals surface area (Å²) in [4.78, 5) is 13.5. The number of nitrogens with zero attached hydrogens (tertiary/aromatic N) is 1.